The van der Waals surface area contributed by atoms with Crippen LogP contribution in [0.25, 0.3) is 0 Å². The van der Waals surface area contributed by atoms with E-state index in [2.05, 4.69) is 6.92 Å². The molecule has 6 heteroatoms. The van der Waals surface area contributed by atoms with Crippen molar-refractivity contribution in [1.29, 1.82) is 0 Å². The SMILES string of the molecule is CCCCCCCCCCCCCO[C@@H]1[C@@H](O)[C@H](O)[C@@H](CO)O[C@H]1O. The summed E-state index contributed by atoms with van der Waals surface area (Å²) >= 11 is 0. The van der Waals surface area contributed by atoms with Crippen LogP contribution < -0.4 is 0 Å². The summed E-state index contributed by atoms with van der Waals surface area (Å²) in [5, 5.41) is 38.6. The van der Waals surface area contributed by atoms with Crippen molar-refractivity contribution in [2.45, 2.75) is 108 Å². The van der Waals surface area contributed by atoms with Crippen LogP contribution >= 0.6 is 0 Å². The molecular weight excluding hydrogens is 324 g/mol. The van der Waals surface area contributed by atoms with Gasteiger partial charge in [-0.05, 0) is 6.42 Å². The summed E-state index contributed by atoms with van der Waals surface area (Å²) in [7, 11) is 0. The predicted molar refractivity (Wildman–Crippen MR) is 96.2 cm³/mol. The fourth-order valence-electron chi connectivity index (χ4n) is 3.24. The lowest BCUT2D eigenvalue weighted by Gasteiger charge is -2.39. The third-order valence-electron chi connectivity index (χ3n) is 4.90. The van der Waals surface area contributed by atoms with Crippen LogP contribution in [0.4, 0.5) is 0 Å². The van der Waals surface area contributed by atoms with Gasteiger partial charge in [0.25, 0.3) is 0 Å². The molecular formula is C19H38O6. The fraction of sp³-hybridized carbons (Fsp3) is 1.00. The first-order valence-corrected chi connectivity index (χ1v) is 10.0. The van der Waals surface area contributed by atoms with E-state index in [1.165, 1.54) is 57.8 Å². The van der Waals surface area contributed by atoms with E-state index < -0.39 is 37.3 Å². The van der Waals surface area contributed by atoms with Crippen molar-refractivity contribution in [2.24, 2.45) is 0 Å². The van der Waals surface area contributed by atoms with E-state index in [0.717, 1.165) is 12.8 Å². The average molecular weight is 363 g/mol. The Morgan fingerprint density at radius 3 is 1.80 bits per heavy atom. The van der Waals surface area contributed by atoms with Crippen molar-refractivity contribution in [3.63, 3.8) is 0 Å². The summed E-state index contributed by atoms with van der Waals surface area (Å²) in [5.41, 5.74) is 0. The van der Waals surface area contributed by atoms with E-state index in [4.69, 9.17) is 14.6 Å². The van der Waals surface area contributed by atoms with Gasteiger partial charge in [-0.2, -0.15) is 0 Å². The van der Waals surface area contributed by atoms with Gasteiger partial charge in [0.15, 0.2) is 6.29 Å². The van der Waals surface area contributed by atoms with E-state index >= 15 is 0 Å². The van der Waals surface area contributed by atoms with Crippen LogP contribution in [0.15, 0.2) is 0 Å². The third-order valence-corrected chi connectivity index (χ3v) is 4.90. The Labute approximate surface area is 152 Å². The Kier molecular flexibility index (Phi) is 12.7. The highest BCUT2D eigenvalue weighted by Gasteiger charge is 2.44. The zero-order valence-corrected chi connectivity index (χ0v) is 15.7. The largest absolute Gasteiger partial charge is 0.394 e. The maximum Gasteiger partial charge on any atom is 0.184 e. The molecule has 0 unspecified atom stereocenters. The Hall–Kier alpha value is -0.240. The number of hydrogen-bond donors (Lipinski definition) is 4. The van der Waals surface area contributed by atoms with Crippen molar-refractivity contribution < 1.29 is 29.9 Å². The minimum absolute atomic E-state index is 0.412. The Balaban J connectivity index is 1.99. The minimum atomic E-state index is -1.33. The van der Waals surface area contributed by atoms with Crippen LogP contribution in [-0.2, 0) is 9.47 Å². The molecule has 1 aliphatic heterocycles. The number of unbranched alkanes of at least 4 members (excludes halogenated alkanes) is 10. The fourth-order valence-corrected chi connectivity index (χ4v) is 3.24. The highest BCUT2D eigenvalue weighted by atomic mass is 16.7. The molecule has 0 amide bonds. The van der Waals surface area contributed by atoms with Crippen LogP contribution in [0.1, 0.15) is 77.6 Å². The van der Waals surface area contributed by atoms with Gasteiger partial charge in [0.2, 0.25) is 0 Å². The van der Waals surface area contributed by atoms with Crippen molar-refractivity contribution >= 4 is 0 Å². The third kappa shape index (κ3) is 8.80. The molecule has 0 bridgehead atoms. The van der Waals surface area contributed by atoms with Crippen LogP contribution in [-0.4, -0.2) is 64.3 Å². The molecule has 1 rings (SSSR count). The molecule has 1 heterocycles. The first kappa shape index (κ1) is 22.8. The predicted octanol–water partition coefficient (Wildman–Crippen LogP) is 2.11. The Bertz CT molecular complexity index is 314. The topological polar surface area (TPSA) is 99.4 Å². The standard InChI is InChI=1S/C19H38O6/c1-2-3-4-5-6-7-8-9-10-11-12-13-24-18-17(22)16(21)15(14-20)25-19(18)23/h15-23H,2-14H2,1H3/t15-,16-,17+,18-,19-/m1/s1. The Morgan fingerprint density at radius 2 is 1.28 bits per heavy atom. The lowest BCUT2D eigenvalue weighted by molar-refractivity contribution is -0.296. The maximum absolute atomic E-state index is 9.96. The van der Waals surface area contributed by atoms with E-state index in [-0.39, 0.29) is 0 Å². The molecule has 0 aromatic heterocycles. The molecule has 4 N–H and O–H groups in total. The van der Waals surface area contributed by atoms with Gasteiger partial charge in [-0.25, -0.2) is 0 Å². The molecule has 150 valence electrons. The molecule has 0 aromatic rings. The van der Waals surface area contributed by atoms with Crippen LogP contribution in [0.3, 0.4) is 0 Å². The molecule has 0 saturated carbocycles. The summed E-state index contributed by atoms with van der Waals surface area (Å²) in [6, 6.07) is 0. The van der Waals surface area contributed by atoms with E-state index in [1.807, 2.05) is 0 Å². The van der Waals surface area contributed by atoms with Crippen molar-refractivity contribution in [1.82, 2.24) is 0 Å². The lowest BCUT2D eigenvalue weighted by Crippen LogP contribution is -2.59. The molecule has 25 heavy (non-hydrogen) atoms. The number of aliphatic hydroxyl groups is 4. The van der Waals surface area contributed by atoms with E-state index in [9.17, 15) is 15.3 Å². The molecule has 1 saturated heterocycles. The summed E-state index contributed by atoms with van der Waals surface area (Å²) in [5.74, 6) is 0. The first-order valence-electron chi connectivity index (χ1n) is 10.0. The van der Waals surface area contributed by atoms with Gasteiger partial charge in [-0.15, -0.1) is 0 Å². The molecule has 1 fully saturated rings. The quantitative estimate of drug-likeness (QED) is 0.353. The number of rotatable bonds is 14. The number of ether oxygens (including phenoxy) is 2. The minimum Gasteiger partial charge on any atom is -0.394 e. The zero-order chi connectivity index (χ0) is 18.5. The van der Waals surface area contributed by atoms with Crippen LogP contribution in [0.5, 0.6) is 0 Å². The summed E-state index contributed by atoms with van der Waals surface area (Å²) in [6.07, 6.45) is 7.85. The molecule has 0 spiro atoms. The molecule has 0 aromatic carbocycles. The van der Waals surface area contributed by atoms with Gasteiger partial charge in [0.1, 0.15) is 24.4 Å². The Morgan fingerprint density at radius 1 is 0.760 bits per heavy atom. The maximum atomic E-state index is 9.96. The first-order chi connectivity index (χ1) is 12.1. The highest BCUT2D eigenvalue weighted by Crippen LogP contribution is 2.22. The van der Waals surface area contributed by atoms with Crippen molar-refractivity contribution in [3.05, 3.63) is 0 Å². The van der Waals surface area contributed by atoms with Crippen molar-refractivity contribution in [3.8, 4) is 0 Å². The van der Waals surface area contributed by atoms with Gasteiger partial charge < -0.3 is 29.9 Å². The van der Waals surface area contributed by atoms with E-state index in [1.54, 1.807) is 0 Å². The van der Waals surface area contributed by atoms with Gasteiger partial charge in [-0.3, -0.25) is 0 Å². The summed E-state index contributed by atoms with van der Waals surface area (Å²) in [6.45, 7) is 2.19. The van der Waals surface area contributed by atoms with Crippen LogP contribution in [0.2, 0.25) is 0 Å². The summed E-state index contributed by atoms with van der Waals surface area (Å²) in [4.78, 5) is 0. The van der Waals surface area contributed by atoms with Crippen molar-refractivity contribution in [2.75, 3.05) is 13.2 Å². The average Bonchev–Trinajstić information content (AvgIpc) is 2.61. The number of hydrogen-bond acceptors (Lipinski definition) is 6. The van der Waals surface area contributed by atoms with Gasteiger partial charge in [-0.1, -0.05) is 71.1 Å². The monoisotopic (exact) mass is 362 g/mol. The molecule has 6 nitrogen and oxygen atoms in total. The lowest BCUT2D eigenvalue weighted by atomic mass is 9.99. The van der Waals surface area contributed by atoms with Gasteiger partial charge >= 0.3 is 0 Å². The second-order valence-electron chi connectivity index (χ2n) is 7.10. The van der Waals surface area contributed by atoms with Gasteiger partial charge in [0.05, 0.1) is 6.61 Å². The van der Waals surface area contributed by atoms with Crippen LogP contribution in [0, 0.1) is 0 Å². The second-order valence-corrected chi connectivity index (χ2v) is 7.10. The smallest absolute Gasteiger partial charge is 0.184 e. The van der Waals surface area contributed by atoms with Gasteiger partial charge in [0, 0.05) is 6.61 Å². The highest BCUT2D eigenvalue weighted by molar-refractivity contribution is 4.89. The normalized spacial score (nSPS) is 29.9. The van der Waals surface area contributed by atoms with E-state index in [0.29, 0.717) is 6.61 Å². The second kappa shape index (κ2) is 13.9. The molecule has 1 aliphatic rings. The molecule has 5 atom stereocenters. The number of aliphatic hydroxyl groups excluding tert-OH is 4. The summed E-state index contributed by atoms with van der Waals surface area (Å²) < 4.78 is 10.5. The molecule has 0 radical (unpaired) electrons. The zero-order valence-electron chi connectivity index (χ0n) is 15.7. The molecule has 0 aliphatic carbocycles.